The van der Waals surface area contributed by atoms with Gasteiger partial charge in [-0.05, 0) is 81.9 Å². The molecular formula is C34H47N7O4. The predicted octanol–water partition coefficient (Wildman–Crippen LogP) is 5.83. The lowest BCUT2D eigenvalue weighted by molar-refractivity contribution is 0.0925. The number of benzene rings is 2. The van der Waals surface area contributed by atoms with Crippen LogP contribution in [-0.2, 0) is 6.54 Å². The lowest BCUT2D eigenvalue weighted by Gasteiger charge is -2.28. The summed E-state index contributed by atoms with van der Waals surface area (Å²) in [6, 6.07) is 13.6. The van der Waals surface area contributed by atoms with E-state index in [9.17, 15) is 4.79 Å². The number of amides is 1. The Balaban J connectivity index is 1.58. The van der Waals surface area contributed by atoms with Gasteiger partial charge in [-0.25, -0.2) is 0 Å². The summed E-state index contributed by atoms with van der Waals surface area (Å²) < 4.78 is 17.7. The number of anilines is 3. The van der Waals surface area contributed by atoms with Crippen molar-refractivity contribution in [3.8, 4) is 17.5 Å². The van der Waals surface area contributed by atoms with Gasteiger partial charge in [0.05, 0.1) is 25.4 Å². The Bertz CT molecular complexity index is 1410. The molecule has 0 radical (unpaired) electrons. The van der Waals surface area contributed by atoms with Gasteiger partial charge in [0.15, 0.2) is 0 Å². The molecule has 0 saturated heterocycles. The summed E-state index contributed by atoms with van der Waals surface area (Å²) in [6.07, 6.45) is 7.93. The number of allylic oxidation sites excluding steroid dienone is 2. The van der Waals surface area contributed by atoms with Crippen molar-refractivity contribution in [2.45, 2.75) is 53.0 Å². The number of hydrogen-bond acceptors (Lipinski definition) is 10. The Kier molecular flexibility index (Phi) is 12.4. The first-order chi connectivity index (χ1) is 21.7. The van der Waals surface area contributed by atoms with Crippen LogP contribution < -0.4 is 30.2 Å². The lowest BCUT2D eigenvalue weighted by atomic mass is 9.93. The van der Waals surface area contributed by atoms with Gasteiger partial charge in [0.25, 0.3) is 5.91 Å². The number of fused-ring (bicyclic) bond motifs is 11. The second kappa shape index (κ2) is 16.6. The van der Waals surface area contributed by atoms with Crippen LogP contribution in [0.2, 0.25) is 0 Å². The molecule has 2 aliphatic heterocycles. The molecule has 1 aromatic heterocycles. The Morgan fingerprint density at radius 1 is 0.978 bits per heavy atom. The van der Waals surface area contributed by atoms with Gasteiger partial charge in [-0.3, -0.25) is 4.79 Å². The van der Waals surface area contributed by atoms with E-state index in [2.05, 4.69) is 61.8 Å². The third kappa shape index (κ3) is 11.2. The number of carbonyl (C=O) groups excluding carboxylic acids is 1. The van der Waals surface area contributed by atoms with Crippen molar-refractivity contribution >= 4 is 23.5 Å². The predicted molar refractivity (Wildman–Crippen MR) is 178 cm³/mol. The smallest absolute Gasteiger partial charge is 0.323 e. The lowest BCUT2D eigenvalue weighted by Crippen LogP contribution is -2.40. The van der Waals surface area contributed by atoms with Crippen LogP contribution in [0.25, 0.3) is 0 Å². The normalized spacial score (nSPS) is 14.4. The fraction of sp³-hybridized carbons (Fsp3) is 0.471. The van der Waals surface area contributed by atoms with Crippen molar-refractivity contribution in [2.24, 2.45) is 5.41 Å². The first kappa shape index (κ1) is 33.5. The fourth-order valence-electron chi connectivity index (χ4n) is 4.94. The number of nitrogens with one attached hydrogen (secondary N) is 3. The zero-order valence-corrected chi connectivity index (χ0v) is 27.2. The number of hydrogen-bond donors (Lipinski definition) is 3. The number of nitrogens with zero attached hydrogens (tertiary/aromatic N) is 4. The first-order valence-corrected chi connectivity index (χ1v) is 15.7. The zero-order valence-electron chi connectivity index (χ0n) is 27.2. The number of ether oxygens (including phenoxy) is 3. The van der Waals surface area contributed by atoms with Gasteiger partial charge in [-0.1, -0.05) is 38.1 Å². The van der Waals surface area contributed by atoms with Crippen LogP contribution in [0.3, 0.4) is 0 Å². The minimum absolute atomic E-state index is 0.0933. The Labute approximate surface area is 266 Å². The topological polar surface area (TPSA) is 123 Å². The molecule has 3 heterocycles. The molecule has 0 saturated carbocycles. The first-order valence-electron chi connectivity index (χ1n) is 15.7. The van der Waals surface area contributed by atoms with Gasteiger partial charge in [-0.15, -0.1) is 0 Å². The molecular weight excluding hydrogens is 570 g/mol. The van der Waals surface area contributed by atoms with Crippen LogP contribution >= 0.6 is 0 Å². The fourth-order valence-corrected chi connectivity index (χ4v) is 4.94. The molecule has 0 spiro atoms. The minimum atomic E-state index is -0.180. The molecule has 2 aromatic carbocycles. The molecule has 1 amide bonds. The van der Waals surface area contributed by atoms with E-state index in [1.807, 2.05) is 57.4 Å². The van der Waals surface area contributed by atoms with Crippen molar-refractivity contribution in [1.82, 2.24) is 25.2 Å². The quantitative estimate of drug-likeness (QED) is 0.279. The van der Waals surface area contributed by atoms with E-state index in [0.29, 0.717) is 61.8 Å². The number of rotatable bonds is 7. The van der Waals surface area contributed by atoms with Crippen molar-refractivity contribution in [3.05, 3.63) is 65.7 Å². The van der Waals surface area contributed by atoms with Crippen molar-refractivity contribution < 1.29 is 19.0 Å². The molecule has 3 N–H and O–H groups in total. The molecule has 6 bridgehead atoms. The maximum atomic E-state index is 13.4. The summed E-state index contributed by atoms with van der Waals surface area (Å²) >= 11 is 0. The van der Waals surface area contributed by atoms with Gasteiger partial charge in [0.1, 0.15) is 11.5 Å². The summed E-state index contributed by atoms with van der Waals surface area (Å²) in [5.41, 5.74) is 2.10. The third-order valence-corrected chi connectivity index (χ3v) is 6.94. The van der Waals surface area contributed by atoms with Crippen LogP contribution in [0.4, 0.5) is 17.6 Å². The maximum Gasteiger partial charge on any atom is 0.323 e. The van der Waals surface area contributed by atoms with Crippen LogP contribution in [0.1, 0.15) is 62.4 Å². The molecule has 242 valence electrons. The highest BCUT2D eigenvalue weighted by atomic mass is 16.5. The molecule has 3 aromatic rings. The van der Waals surface area contributed by atoms with E-state index in [1.165, 1.54) is 0 Å². The Hall–Kier alpha value is -4.38. The summed E-state index contributed by atoms with van der Waals surface area (Å²) in [7, 11) is 4.06. The van der Waals surface area contributed by atoms with Gasteiger partial charge in [-0.2, -0.15) is 15.0 Å². The third-order valence-electron chi connectivity index (χ3n) is 6.94. The van der Waals surface area contributed by atoms with Crippen molar-refractivity contribution in [1.29, 1.82) is 0 Å². The number of aromatic nitrogens is 3. The molecule has 11 nitrogen and oxygen atoms in total. The molecule has 0 aliphatic carbocycles. The van der Waals surface area contributed by atoms with Gasteiger partial charge in [0.2, 0.25) is 11.9 Å². The second-order valence-corrected chi connectivity index (χ2v) is 12.1. The highest BCUT2D eigenvalue weighted by molar-refractivity contribution is 5.97. The van der Waals surface area contributed by atoms with Gasteiger partial charge >= 0.3 is 6.01 Å². The van der Waals surface area contributed by atoms with Crippen molar-refractivity contribution in [3.63, 3.8) is 0 Å². The molecule has 11 heteroatoms. The van der Waals surface area contributed by atoms with E-state index < -0.39 is 0 Å². The average molecular weight is 618 g/mol. The largest absolute Gasteiger partial charge is 0.494 e. The molecule has 45 heavy (non-hydrogen) atoms. The van der Waals surface area contributed by atoms with Crippen LogP contribution in [0.5, 0.6) is 17.5 Å². The summed E-state index contributed by atoms with van der Waals surface area (Å²) in [4.78, 5) is 28.9. The SMILES string of the molecule is CCOc1nc2nc(n1)Nc1ccc(C(=O)NCC(C)(C)CN(C)C)c(c1)OCCCC=CCCCOc1ccc(cc1)CN2. The minimum Gasteiger partial charge on any atom is -0.494 e. The Morgan fingerprint density at radius 3 is 2.40 bits per heavy atom. The molecule has 0 atom stereocenters. The van der Waals surface area contributed by atoms with Gasteiger partial charge < -0.3 is 35.1 Å². The van der Waals surface area contributed by atoms with E-state index in [0.717, 1.165) is 43.5 Å². The van der Waals surface area contributed by atoms with Crippen molar-refractivity contribution in [2.75, 3.05) is 57.6 Å². The average Bonchev–Trinajstić information content (AvgIpc) is 2.99. The maximum absolute atomic E-state index is 13.4. The van der Waals surface area contributed by atoms with E-state index in [-0.39, 0.29) is 17.3 Å². The van der Waals surface area contributed by atoms with Crippen LogP contribution in [0, 0.1) is 5.41 Å². The molecule has 0 fully saturated rings. The van der Waals surface area contributed by atoms with Crippen LogP contribution in [-0.4, -0.2) is 72.8 Å². The highest BCUT2D eigenvalue weighted by Gasteiger charge is 2.22. The van der Waals surface area contributed by atoms with E-state index in [1.54, 1.807) is 6.07 Å². The second-order valence-electron chi connectivity index (χ2n) is 12.1. The molecule has 5 rings (SSSR count). The summed E-state index contributed by atoms with van der Waals surface area (Å²) in [5.74, 6) is 1.83. The van der Waals surface area contributed by atoms with E-state index >= 15 is 0 Å². The molecule has 0 unspecified atom stereocenters. The van der Waals surface area contributed by atoms with Crippen LogP contribution in [0.15, 0.2) is 54.6 Å². The van der Waals surface area contributed by atoms with Gasteiger partial charge in [0, 0.05) is 31.4 Å². The zero-order chi connectivity index (χ0) is 32.1. The van der Waals surface area contributed by atoms with E-state index in [4.69, 9.17) is 14.2 Å². The number of carbonyl (C=O) groups is 1. The molecule has 2 aliphatic rings. The Morgan fingerprint density at radius 2 is 1.69 bits per heavy atom. The summed E-state index contributed by atoms with van der Waals surface area (Å²) in [6.45, 7) is 9.56. The standard InChI is InChI=1S/C34H47N7O4/c1-6-43-33-39-31-35-22-25-13-16-27(17-14-25)44-19-11-9-7-8-10-12-20-45-29-21-26(37-32(38-31)40-33)15-18-28(29)30(42)36-23-34(2,3)24-41(4)5/h7-8,13-18,21H,6,9-12,19-20,22-24H2,1-5H3,(H,36,42)(H2,35,37,38,39,40). The monoisotopic (exact) mass is 617 g/mol. The highest BCUT2D eigenvalue weighted by Crippen LogP contribution is 2.27. The summed E-state index contributed by atoms with van der Waals surface area (Å²) in [5, 5.41) is 9.60.